The van der Waals surface area contributed by atoms with Gasteiger partial charge in [0, 0.05) is 22.1 Å². The third-order valence-corrected chi connectivity index (χ3v) is 7.31. The number of fused-ring (bicyclic) bond motifs is 4. The summed E-state index contributed by atoms with van der Waals surface area (Å²) in [6, 6.07) is 25.7. The van der Waals surface area contributed by atoms with E-state index >= 15 is 0 Å². The largest absolute Gasteiger partial charge is 0.269 e. The van der Waals surface area contributed by atoms with Gasteiger partial charge in [0.25, 0.3) is 5.56 Å². The smallest absolute Gasteiger partial charge is 0.261 e. The third kappa shape index (κ3) is 2.75. The van der Waals surface area contributed by atoms with E-state index in [1.165, 1.54) is 0 Å². The number of para-hydroxylation sites is 1. The van der Waals surface area contributed by atoms with Gasteiger partial charge in [-0.15, -0.1) is 0 Å². The monoisotopic (exact) mass is 465 g/mol. The average molecular weight is 466 g/mol. The van der Waals surface area contributed by atoms with Crippen LogP contribution < -0.4 is 5.56 Å². The van der Waals surface area contributed by atoms with Gasteiger partial charge in [0.05, 0.1) is 11.0 Å². The van der Waals surface area contributed by atoms with Crippen LogP contribution in [-0.4, -0.2) is 24.3 Å². The first-order chi connectivity index (χ1) is 17.8. The van der Waals surface area contributed by atoms with E-state index in [2.05, 4.69) is 18.2 Å². The molecule has 0 saturated heterocycles. The zero-order valence-corrected chi connectivity index (χ0v) is 19.2. The van der Waals surface area contributed by atoms with E-state index in [1.807, 2.05) is 72.8 Å². The van der Waals surface area contributed by atoms with E-state index in [0.29, 0.717) is 29.2 Å². The molecule has 0 aliphatic heterocycles. The van der Waals surface area contributed by atoms with Crippen molar-refractivity contribution >= 4 is 22.5 Å². The molecule has 2 atom stereocenters. The van der Waals surface area contributed by atoms with Crippen molar-refractivity contribution < 1.29 is 0 Å². The van der Waals surface area contributed by atoms with Gasteiger partial charge >= 0.3 is 0 Å². The van der Waals surface area contributed by atoms with Gasteiger partial charge < -0.3 is 0 Å². The fourth-order valence-corrected chi connectivity index (χ4v) is 5.50. The van der Waals surface area contributed by atoms with Gasteiger partial charge in [0.1, 0.15) is 0 Å². The maximum atomic E-state index is 14.0. The van der Waals surface area contributed by atoms with Crippen LogP contribution in [0.1, 0.15) is 23.5 Å². The van der Waals surface area contributed by atoms with Gasteiger partial charge in [0.2, 0.25) is 5.82 Å². The van der Waals surface area contributed by atoms with E-state index in [0.717, 1.165) is 45.1 Å². The minimum atomic E-state index is -0.0130. The van der Waals surface area contributed by atoms with Crippen LogP contribution in [0.4, 0.5) is 0 Å². The number of imidazole rings is 1. The van der Waals surface area contributed by atoms with Gasteiger partial charge in [-0.2, -0.15) is 0 Å². The van der Waals surface area contributed by atoms with Crippen LogP contribution in [0.5, 0.6) is 0 Å². The second-order valence-electron chi connectivity index (χ2n) is 9.48. The normalized spacial score (nSPS) is 17.9. The summed E-state index contributed by atoms with van der Waals surface area (Å²) in [4.78, 5) is 33.4. The fraction of sp³-hybridized carbons (Fsp3) is 0.100. The van der Waals surface area contributed by atoms with Crippen LogP contribution in [0.2, 0.25) is 0 Å². The highest BCUT2D eigenvalue weighted by atomic mass is 16.1. The molecule has 8 rings (SSSR count). The second-order valence-corrected chi connectivity index (χ2v) is 9.48. The van der Waals surface area contributed by atoms with Gasteiger partial charge in [-0.25, -0.2) is 19.9 Å². The lowest BCUT2D eigenvalue weighted by Gasteiger charge is -2.14. The molecule has 0 amide bonds. The summed E-state index contributed by atoms with van der Waals surface area (Å²) in [6.07, 6.45) is 5.39. The third-order valence-electron chi connectivity index (χ3n) is 7.31. The van der Waals surface area contributed by atoms with E-state index in [1.54, 1.807) is 4.40 Å². The molecule has 6 heteroatoms. The first-order valence-corrected chi connectivity index (χ1v) is 12.1. The van der Waals surface area contributed by atoms with Gasteiger partial charge in [-0.1, -0.05) is 84.9 Å². The Balaban J connectivity index is 1.46. The highest BCUT2D eigenvalue weighted by Gasteiger charge is 2.43. The molecule has 3 aromatic carbocycles. The number of pyridine rings is 1. The first kappa shape index (κ1) is 19.6. The Hall–Kier alpha value is -4.71. The Kier molecular flexibility index (Phi) is 3.89. The van der Waals surface area contributed by atoms with E-state index < -0.39 is 0 Å². The van der Waals surface area contributed by atoms with Crippen molar-refractivity contribution in [2.75, 3.05) is 0 Å². The van der Waals surface area contributed by atoms with Crippen molar-refractivity contribution in [1.82, 2.24) is 24.3 Å². The Morgan fingerprint density at radius 1 is 0.722 bits per heavy atom. The van der Waals surface area contributed by atoms with Crippen molar-refractivity contribution in [2.45, 2.75) is 12.3 Å². The molecule has 6 aromatic rings. The SMILES string of the molecule is O=c1c2c(c3cccc4nc(-c5nc(-c6ccccc6)nc(-c6ccccc6)n5)n1c43)C=CC1CC21. The molecule has 0 radical (unpaired) electrons. The predicted octanol–water partition coefficient (Wildman–Crippen LogP) is 5.60. The van der Waals surface area contributed by atoms with Crippen molar-refractivity contribution in [3.63, 3.8) is 0 Å². The Labute approximate surface area is 206 Å². The molecule has 1 fully saturated rings. The Bertz CT molecular complexity index is 1840. The molecular weight excluding hydrogens is 446 g/mol. The lowest BCUT2D eigenvalue weighted by atomic mass is 9.95. The van der Waals surface area contributed by atoms with Crippen LogP contribution in [0.15, 0.2) is 89.7 Å². The predicted molar refractivity (Wildman–Crippen MR) is 140 cm³/mol. The maximum absolute atomic E-state index is 14.0. The number of rotatable bonds is 3. The second kappa shape index (κ2) is 7.15. The van der Waals surface area contributed by atoms with Crippen LogP contribution in [0, 0.1) is 5.92 Å². The van der Waals surface area contributed by atoms with E-state index in [4.69, 9.17) is 19.9 Å². The molecule has 0 spiro atoms. The molecule has 6 nitrogen and oxygen atoms in total. The quantitative estimate of drug-likeness (QED) is 0.340. The molecule has 0 N–H and O–H groups in total. The Morgan fingerprint density at radius 2 is 1.39 bits per heavy atom. The summed E-state index contributed by atoms with van der Waals surface area (Å²) in [5.41, 5.74) is 5.25. The fourth-order valence-electron chi connectivity index (χ4n) is 5.50. The topological polar surface area (TPSA) is 73.0 Å². The molecule has 3 heterocycles. The molecule has 36 heavy (non-hydrogen) atoms. The van der Waals surface area contributed by atoms with Crippen LogP contribution >= 0.6 is 0 Å². The number of allylic oxidation sites excluding steroid dienone is 1. The molecule has 2 unspecified atom stereocenters. The summed E-state index contributed by atoms with van der Waals surface area (Å²) in [5.74, 6) is 2.69. The number of aromatic nitrogens is 5. The van der Waals surface area contributed by atoms with Gasteiger partial charge in [-0.3, -0.25) is 9.20 Å². The molecule has 3 aromatic heterocycles. The number of benzene rings is 3. The van der Waals surface area contributed by atoms with Crippen molar-refractivity contribution in [1.29, 1.82) is 0 Å². The lowest BCUT2D eigenvalue weighted by Crippen LogP contribution is -2.21. The number of hydrogen-bond acceptors (Lipinski definition) is 5. The summed E-state index contributed by atoms with van der Waals surface area (Å²) in [7, 11) is 0. The first-order valence-electron chi connectivity index (χ1n) is 12.1. The minimum Gasteiger partial charge on any atom is -0.269 e. The zero-order valence-electron chi connectivity index (χ0n) is 19.2. The van der Waals surface area contributed by atoms with Gasteiger partial charge in [-0.05, 0) is 29.9 Å². The van der Waals surface area contributed by atoms with Crippen LogP contribution in [0.3, 0.4) is 0 Å². The van der Waals surface area contributed by atoms with Crippen molar-refractivity contribution in [3.05, 3.63) is 106 Å². The van der Waals surface area contributed by atoms with Crippen LogP contribution in [-0.2, 0) is 0 Å². The molecule has 2 aliphatic carbocycles. The lowest BCUT2D eigenvalue weighted by molar-refractivity contribution is 0.938. The summed E-state index contributed by atoms with van der Waals surface area (Å²) < 4.78 is 1.73. The molecule has 170 valence electrons. The summed E-state index contributed by atoms with van der Waals surface area (Å²) >= 11 is 0. The highest BCUT2D eigenvalue weighted by molar-refractivity contribution is 6.01. The maximum Gasteiger partial charge on any atom is 0.261 e. The van der Waals surface area contributed by atoms with E-state index in [-0.39, 0.29) is 11.5 Å². The van der Waals surface area contributed by atoms with Crippen LogP contribution in [0.25, 0.3) is 56.9 Å². The van der Waals surface area contributed by atoms with Gasteiger partial charge in [0.15, 0.2) is 17.5 Å². The van der Waals surface area contributed by atoms with E-state index in [9.17, 15) is 4.79 Å². The Morgan fingerprint density at radius 3 is 2.08 bits per heavy atom. The van der Waals surface area contributed by atoms with Crippen molar-refractivity contribution in [3.8, 4) is 34.4 Å². The number of hydrogen-bond donors (Lipinski definition) is 0. The summed E-state index contributed by atoms with van der Waals surface area (Å²) in [6.45, 7) is 0. The zero-order chi connectivity index (χ0) is 23.8. The molecule has 0 bridgehead atoms. The molecule has 1 saturated carbocycles. The highest BCUT2D eigenvalue weighted by Crippen LogP contribution is 2.52. The summed E-state index contributed by atoms with van der Waals surface area (Å²) in [5, 5.41) is 1.04. The molecule has 2 aliphatic rings. The molecular formula is C30H19N5O. The standard InChI is InChI=1S/C30H19N5O/c36-30-24-20(15-14-19-16-22(19)24)21-12-7-13-23-25(21)35(30)29(31-23)28-33-26(17-8-3-1-4-9-17)32-27(34-28)18-10-5-2-6-11-18/h1-15,19,22H,16H2. The number of nitrogens with zero attached hydrogens (tertiary/aromatic N) is 5. The van der Waals surface area contributed by atoms with Crippen molar-refractivity contribution in [2.24, 2.45) is 5.92 Å². The average Bonchev–Trinajstić information content (AvgIpc) is 3.63. The minimum absolute atomic E-state index is 0.0130.